The SMILES string of the molecule is Cc1ccnc2nc(C(=O)N(C)Cc3ncn[nH]3)nn12. The van der Waals surface area contributed by atoms with Crippen LogP contribution in [0, 0.1) is 6.92 Å². The molecule has 0 aliphatic rings. The third kappa shape index (κ3) is 2.09. The number of hydrogen-bond donors (Lipinski definition) is 1. The molecule has 0 bridgehead atoms. The minimum Gasteiger partial charge on any atom is -0.331 e. The maximum Gasteiger partial charge on any atom is 0.293 e. The normalized spacial score (nSPS) is 10.9. The molecule has 102 valence electrons. The summed E-state index contributed by atoms with van der Waals surface area (Å²) in [5.41, 5.74) is 0.861. The van der Waals surface area contributed by atoms with Crippen LogP contribution in [0.15, 0.2) is 18.6 Å². The van der Waals surface area contributed by atoms with E-state index in [4.69, 9.17) is 0 Å². The van der Waals surface area contributed by atoms with Crippen LogP contribution in [0.5, 0.6) is 0 Å². The van der Waals surface area contributed by atoms with E-state index >= 15 is 0 Å². The van der Waals surface area contributed by atoms with Gasteiger partial charge in [0, 0.05) is 18.9 Å². The molecule has 0 aromatic carbocycles. The molecular weight excluding hydrogens is 260 g/mol. The molecular formula is C11H12N8O. The molecule has 3 rings (SSSR count). The van der Waals surface area contributed by atoms with Crippen LogP contribution >= 0.6 is 0 Å². The lowest BCUT2D eigenvalue weighted by molar-refractivity contribution is 0.0770. The fraction of sp³-hybridized carbons (Fsp3) is 0.273. The lowest BCUT2D eigenvalue weighted by Crippen LogP contribution is -2.27. The van der Waals surface area contributed by atoms with Crippen LogP contribution in [0.1, 0.15) is 22.1 Å². The first-order valence-electron chi connectivity index (χ1n) is 5.93. The summed E-state index contributed by atoms with van der Waals surface area (Å²) in [6.45, 7) is 2.18. The summed E-state index contributed by atoms with van der Waals surface area (Å²) in [7, 11) is 1.65. The monoisotopic (exact) mass is 272 g/mol. The van der Waals surface area contributed by atoms with Crippen molar-refractivity contribution < 1.29 is 4.79 Å². The first-order valence-corrected chi connectivity index (χ1v) is 5.93. The number of fused-ring (bicyclic) bond motifs is 1. The average molecular weight is 272 g/mol. The Morgan fingerprint density at radius 1 is 1.45 bits per heavy atom. The second kappa shape index (κ2) is 4.68. The summed E-state index contributed by atoms with van der Waals surface area (Å²) in [5.74, 6) is 0.806. The molecule has 3 heterocycles. The Morgan fingerprint density at radius 2 is 2.30 bits per heavy atom. The summed E-state index contributed by atoms with van der Waals surface area (Å²) in [4.78, 5) is 25.9. The zero-order valence-corrected chi connectivity index (χ0v) is 11.0. The second-order valence-electron chi connectivity index (χ2n) is 4.33. The largest absolute Gasteiger partial charge is 0.331 e. The number of carbonyl (C=O) groups excluding carboxylic acids is 1. The molecule has 0 unspecified atom stereocenters. The number of aromatic nitrogens is 7. The molecule has 3 aromatic rings. The number of aryl methyl sites for hydroxylation is 1. The summed E-state index contributed by atoms with van der Waals surface area (Å²) in [6.07, 6.45) is 3.02. The van der Waals surface area contributed by atoms with E-state index in [9.17, 15) is 4.79 Å². The van der Waals surface area contributed by atoms with E-state index in [1.807, 2.05) is 6.92 Å². The van der Waals surface area contributed by atoms with Crippen molar-refractivity contribution in [1.29, 1.82) is 0 Å². The van der Waals surface area contributed by atoms with Gasteiger partial charge in [0.1, 0.15) is 12.2 Å². The number of amides is 1. The van der Waals surface area contributed by atoms with Gasteiger partial charge in [-0.15, -0.1) is 5.10 Å². The predicted molar refractivity (Wildman–Crippen MR) is 67.7 cm³/mol. The van der Waals surface area contributed by atoms with Crippen LogP contribution in [0.3, 0.4) is 0 Å². The van der Waals surface area contributed by atoms with Gasteiger partial charge in [-0.05, 0) is 13.0 Å². The Kier molecular flexibility index (Phi) is 2.86. The summed E-state index contributed by atoms with van der Waals surface area (Å²) >= 11 is 0. The molecule has 9 heteroatoms. The van der Waals surface area contributed by atoms with E-state index in [2.05, 4.69) is 30.2 Å². The van der Waals surface area contributed by atoms with Gasteiger partial charge in [-0.3, -0.25) is 9.89 Å². The molecule has 0 fully saturated rings. The highest BCUT2D eigenvalue weighted by Gasteiger charge is 2.19. The van der Waals surface area contributed by atoms with E-state index in [1.54, 1.807) is 19.3 Å². The molecule has 1 amide bonds. The van der Waals surface area contributed by atoms with Crippen LogP contribution in [-0.4, -0.2) is 52.6 Å². The Balaban J connectivity index is 1.86. The molecule has 0 atom stereocenters. The van der Waals surface area contributed by atoms with Crippen LogP contribution in [0.4, 0.5) is 0 Å². The molecule has 20 heavy (non-hydrogen) atoms. The van der Waals surface area contributed by atoms with Gasteiger partial charge in [-0.25, -0.2) is 14.5 Å². The highest BCUT2D eigenvalue weighted by Crippen LogP contribution is 2.05. The van der Waals surface area contributed by atoms with Gasteiger partial charge >= 0.3 is 0 Å². The van der Waals surface area contributed by atoms with Gasteiger partial charge in [-0.1, -0.05) is 0 Å². The molecule has 0 saturated heterocycles. The smallest absolute Gasteiger partial charge is 0.293 e. The standard InChI is InChI=1S/C11H12N8O/c1-7-3-4-12-11-15-9(17-19(7)11)10(20)18(2)5-8-13-6-14-16-8/h3-4,6H,5H2,1-2H3,(H,13,14,16). The predicted octanol–water partition coefficient (Wildman–Crippen LogP) is -0.177. The van der Waals surface area contributed by atoms with Gasteiger partial charge in [-0.2, -0.15) is 10.1 Å². The molecule has 0 aliphatic carbocycles. The van der Waals surface area contributed by atoms with Crippen molar-refractivity contribution in [1.82, 2.24) is 39.7 Å². The summed E-state index contributed by atoms with van der Waals surface area (Å²) in [5, 5.41) is 10.6. The summed E-state index contributed by atoms with van der Waals surface area (Å²) < 4.78 is 1.54. The molecule has 9 nitrogen and oxygen atoms in total. The van der Waals surface area contributed by atoms with Gasteiger partial charge in [0.2, 0.25) is 5.82 Å². The number of nitrogens with one attached hydrogen (secondary N) is 1. The maximum absolute atomic E-state index is 12.2. The first kappa shape index (κ1) is 12.2. The average Bonchev–Trinajstić information content (AvgIpc) is 3.07. The van der Waals surface area contributed by atoms with E-state index in [-0.39, 0.29) is 11.7 Å². The number of aromatic amines is 1. The number of rotatable bonds is 3. The van der Waals surface area contributed by atoms with Crippen molar-refractivity contribution in [3.63, 3.8) is 0 Å². The van der Waals surface area contributed by atoms with Gasteiger partial charge in [0.15, 0.2) is 0 Å². The lowest BCUT2D eigenvalue weighted by atomic mass is 10.4. The third-order valence-corrected chi connectivity index (χ3v) is 2.82. The zero-order chi connectivity index (χ0) is 14.1. The molecule has 0 aliphatic heterocycles. The van der Waals surface area contributed by atoms with Crippen molar-refractivity contribution in [3.8, 4) is 0 Å². The van der Waals surface area contributed by atoms with E-state index in [1.165, 1.54) is 15.7 Å². The van der Waals surface area contributed by atoms with E-state index in [0.717, 1.165) is 5.69 Å². The van der Waals surface area contributed by atoms with Gasteiger partial charge in [0.05, 0.1) is 6.54 Å². The van der Waals surface area contributed by atoms with Crippen molar-refractivity contribution >= 4 is 11.7 Å². The van der Waals surface area contributed by atoms with Crippen LogP contribution in [0.2, 0.25) is 0 Å². The highest BCUT2D eigenvalue weighted by molar-refractivity contribution is 5.90. The van der Waals surface area contributed by atoms with Gasteiger partial charge < -0.3 is 4.90 Å². The topological polar surface area (TPSA) is 105 Å². The Bertz CT molecular complexity index is 747. The molecule has 0 radical (unpaired) electrons. The van der Waals surface area contributed by atoms with Crippen molar-refractivity contribution in [2.75, 3.05) is 7.05 Å². The number of hydrogen-bond acceptors (Lipinski definition) is 6. The van der Waals surface area contributed by atoms with Crippen LogP contribution < -0.4 is 0 Å². The Morgan fingerprint density at radius 3 is 3.00 bits per heavy atom. The number of nitrogens with zero attached hydrogens (tertiary/aromatic N) is 7. The Hall–Kier alpha value is -2.84. The van der Waals surface area contributed by atoms with E-state index < -0.39 is 0 Å². The lowest BCUT2D eigenvalue weighted by Gasteiger charge is -2.12. The van der Waals surface area contributed by atoms with Crippen LogP contribution in [-0.2, 0) is 6.54 Å². The van der Waals surface area contributed by atoms with Crippen LogP contribution in [0.25, 0.3) is 5.78 Å². The second-order valence-corrected chi connectivity index (χ2v) is 4.33. The third-order valence-electron chi connectivity index (χ3n) is 2.82. The summed E-state index contributed by atoms with van der Waals surface area (Å²) in [6, 6.07) is 1.80. The first-order chi connectivity index (χ1) is 9.65. The minimum atomic E-state index is -0.300. The molecule has 0 saturated carbocycles. The van der Waals surface area contributed by atoms with E-state index in [0.29, 0.717) is 18.1 Å². The van der Waals surface area contributed by atoms with Gasteiger partial charge in [0.25, 0.3) is 11.7 Å². The minimum absolute atomic E-state index is 0.105. The maximum atomic E-state index is 12.2. The number of carbonyl (C=O) groups is 1. The molecule has 1 N–H and O–H groups in total. The Labute approximate surface area is 113 Å². The highest BCUT2D eigenvalue weighted by atomic mass is 16.2. The molecule has 0 spiro atoms. The fourth-order valence-electron chi connectivity index (χ4n) is 1.77. The van der Waals surface area contributed by atoms with Crippen molar-refractivity contribution in [2.45, 2.75) is 13.5 Å². The van der Waals surface area contributed by atoms with Crippen molar-refractivity contribution in [3.05, 3.63) is 35.9 Å². The number of H-pyrrole nitrogens is 1. The molecule has 3 aromatic heterocycles. The fourth-order valence-corrected chi connectivity index (χ4v) is 1.77. The zero-order valence-electron chi connectivity index (χ0n) is 11.0. The quantitative estimate of drug-likeness (QED) is 0.709. The van der Waals surface area contributed by atoms with Crippen molar-refractivity contribution in [2.24, 2.45) is 0 Å².